The van der Waals surface area contributed by atoms with Crippen LogP contribution in [0.5, 0.6) is 0 Å². The van der Waals surface area contributed by atoms with E-state index in [0.717, 1.165) is 5.39 Å². The lowest BCUT2D eigenvalue weighted by Crippen LogP contribution is -2.23. The Labute approximate surface area is 151 Å². The van der Waals surface area contributed by atoms with Gasteiger partial charge in [-0.1, -0.05) is 18.2 Å². The predicted molar refractivity (Wildman–Crippen MR) is 104 cm³/mol. The summed E-state index contributed by atoms with van der Waals surface area (Å²) in [6, 6.07) is 7.44. The van der Waals surface area contributed by atoms with Crippen molar-refractivity contribution in [2.45, 2.75) is 6.92 Å². The van der Waals surface area contributed by atoms with Gasteiger partial charge in [0.05, 0.1) is 11.1 Å². The van der Waals surface area contributed by atoms with Crippen LogP contribution in [-0.4, -0.2) is 48.6 Å². The Bertz CT molecular complexity index is 1030. The van der Waals surface area contributed by atoms with Crippen LogP contribution in [0.2, 0.25) is 0 Å². The highest BCUT2D eigenvalue weighted by Gasteiger charge is 2.33. The van der Waals surface area contributed by atoms with E-state index in [2.05, 4.69) is 21.7 Å². The fraction of sp³-hybridized carbons (Fsp3) is 0.150. The molecule has 6 nitrogen and oxygen atoms in total. The third kappa shape index (κ3) is 2.86. The van der Waals surface area contributed by atoms with E-state index < -0.39 is 0 Å². The molecule has 0 atom stereocenters. The van der Waals surface area contributed by atoms with Crippen LogP contribution in [0.3, 0.4) is 0 Å². The number of benzene rings is 1. The Kier molecular flexibility index (Phi) is 4.58. The van der Waals surface area contributed by atoms with Crippen LogP contribution < -0.4 is 0 Å². The number of allylic oxidation sites excluding steroid dienone is 2. The zero-order valence-corrected chi connectivity index (χ0v) is 14.9. The van der Waals surface area contributed by atoms with Gasteiger partial charge in [-0.05, 0) is 37.5 Å². The van der Waals surface area contributed by atoms with E-state index in [1.54, 1.807) is 6.92 Å². The van der Waals surface area contributed by atoms with E-state index in [1.807, 2.05) is 55.5 Å². The summed E-state index contributed by atoms with van der Waals surface area (Å²) in [6.45, 7) is 4.89. The van der Waals surface area contributed by atoms with Crippen LogP contribution in [0.4, 0.5) is 0 Å². The molecule has 2 aromatic rings. The zero-order chi connectivity index (χ0) is 18.8. The van der Waals surface area contributed by atoms with Crippen molar-refractivity contribution in [3.63, 3.8) is 0 Å². The second kappa shape index (κ2) is 6.84. The highest BCUT2D eigenvalue weighted by molar-refractivity contribution is 6.28. The SMILES string of the molecule is C=N/C=N\C1=C(C)C(=O)c2nc3ccccc3c(/C=C/N(C)C)c2C1=O. The third-order valence-electron chi connectivity index (χ3n) is 4.09. The van der Waals surface area contributed by atoms with Gasteiger partial charge in [0, 0.05) is 25.1 Å². The van der Waals surface area contributed by atoms with Crippen molar-refractivity contribution >= 4 is 41.6 Å². The molecular formula is C20H18N4O2. The number of carbonyl (C=O) groups excluding carboxylic acids is 2. The standard InChI is InChI=1S/C20H18N4O2/c1-12-17(22-11-21-2)20(26)16-14(9-10-24(3)4)13-7-5-6-8-15(13)23-18(16)19(12)25/h5-11H,2H2,1,3-4H3/b10-9+,22-11-. The van der Waals surface area contributed by atoms with Gasteiger partial charge >= 0.3 is 0 Å². The number of hydrogen-bond donors (Lipinski definition) is 0. The van der Waals surface area contributed by atoms with E-state index in [4.69, 9.17) is 0 Å². The Morgan fingerprint density at radius 2 is 1.88 bits per heavy atom. The van der Waals surface area contributed by atoms with Crippen molar-refractivity contribution < 1.29 is 9.59 Å². The largest absolute Gasteiger partial charge is 0.383 e. The summed E-state index contributed by atoms with van der Waals surface area (Å²) in [7, 11) is 3.77. The maximum absolute atomic E-state index is 13.1. The Balaban J connectivity index is 2.37. The first-order chi connectivity index (χ1) is 12.5. The first kappa shape index (κ1) is 17.4. The fourth-order valence-corrected chi connectivity index (χ4v) is 2.86. The molecule has 0 spiro atoms. The second-order valence-corrected chi connectivity index (χ2v) is 6.10. The maximum atomic E-state index is 13.1. The van der Waals surface area contributed by atoms with Gasteiger partial charge in [-0.25, -0.2) is 9.98 Å². The topological polar surface area (TPSA) is 75.0 Å². The number of nitrogens with zero attached hydrogens (tertiary/aromatic N) is 4. The van der Waals surface area contributed by atoms with Crippen molar-refractivity contribution in [1.82, 2.24) is 9.88 Å². The number of fused-ring (bicyclic) bond motifs is 2. The van der Waals surface area contributed by atoms with Crippen LogP contribution in [0.15, 0.2) is 51.7 Å². The molecule has 1 heterocycles. The molecule has 130 valence electrons. The molecule has 1 aromatic heterocycles. The molecular weight excluding hydrogens is 328 g/mol. The second-order valence-electron chi connectivity index (χ2n) is 6.10. The van der Waals surface area contributed by atoms with Crippen LogP contribution in [0.1, 0.15) is 33.3 Å². The number of rotatable bonds is 4. The van der Waals surface area contributed by atoms with Crippen molar-refractivity contribution in [1.29, 1.82) is 0 Å². The lowest BCUT2D eigenvalue weighted by atomic mass is 9.87. The minimum atomic E-state index is -0.339. The van der Waals surface area contributed by atoms with Crippen LogP contribution in [0.25, 0.3) is 17.0 Å². The summed E-state index contributed by atoms with van der Waals surface area (Å²) in [4.78, 5) is 39.8. The molecule has 0 bridgehead atoms. The van der Waals surface area contributed by atoms with Crippen LogP contribution in [0, 0.1) is 0 Å². The Morgan fingerprint density at radius 1 is 1.15 bits per heavy atom. The summed E-state index contributed by atoms with van der Waals surface area (Å²) >= 11 is 0. The Hall–Kier alpha value is -3.41. The molecule has 0 amide bonds. The average molecular weight is 346 g/mol. The zero-order valence-electron chi connectivity index (χ0n) is 14.9. The number of carbonyl (C=O) groups is 2. The normalized spacial score (nSPS) is 14.6. The first-order valence-electron chi connectivity index (χ1n) is 8.01. The minimum absolute atomic E-state index is 0.0754. The molecule has 1 aromatic carbocycles. The van der Waals surface area contributed by atoms with Crippen molar-refractivity contribution in [3.8, 4) is 0 Å². The first-order valence-corrected chi connectivity index (χ1v) is 8.01. The molecule has 0 unspecified atom stereocenters. The highest BCUT2D eigenvalue weighted by atomic mass is 16.1. The van der Waals surface area contributed by atoms with E-state index in [0.29, 0.717) is 11.1 Å². The molecule has 3 rings (SSSR count). The van der Waals surface area contributed by atoms with E-state index >= 15 is 0 Å². The molecule has 1 aliphatic rings. The van der Waals surface area contributed by atoms with Crippen molar-refractivity contribution in [2.24, 2.45) is 9.98 Å². The lowest BCUT2D eigenvalue weighted by molar-refractivity contribution is 0.0970. The van der Waals surface area contributed by atoms with Gasteiger partial charge in [0.15, 0.2) is 0 Å². The summed E-state index contributed by atoms with van der Waals surface area (Å²) in [5, 5.41) is 0.801. The highest BCUT2D eigenvalue weighted by Crippen LogP contribution is 2.33. The molecule has 26 heavy (non-hydrogen) atoms. The molecule has 0 fully saturated rings. The van der Waals surface area contributed by atoms with Gasteiger partial charge in [0.2, 0.25) is 11.6 Å². The summed E-state index contributed by atoms with van der Waals surface area (Å²) in [5.74, 6) is -0.644. The summed E-state index contributed by atoms with van der Waals surface area (Å²) in [5.41, 5.74) is 2.09. The van der Waals surface area contributed by atoms with Crippen molar-refractivity contribution in [3.05, 3.63) is 58.6 Å². The maximum Gasteiger partial charge on any atom is 0.214 e. The molecule has 0 saturated carbocycles. The molecule has 0 saturated heterocycles. The third-order valence-corrected chi connectivity index (χ3v) is 4.09. The molecule has 6 heteroatoms. The van der Waals surface area contributed by atoms with Crippen molar-refractivity contribution in [2.75, 3.05) is 14.1 Å². The average Bonchev–Trinajstić information content (AvgIpc) is 2.63. The molecule has 0 radical (unpaired) electrons. The predicted octanol–water partition coefficient (Wildman–Crippen LogP) is 3.15. The van der Waals surface area contributed by atoms with E-state index in [9.17, 15) is 9.59 Å². The number of pyridine rings is 1. The number of Topliss-reactive ketones (excluding diaryl/α,β-unsaturated/α-hetero) is 2. The number of aliphatic imine (C=N–C) groups is 2. The number of ketones is 2. The lowest BCUT2D eigenvalue weighted by Gasteiger charge is -2.19. The van der Waals surface area contributed by atoms with E-state index in [1.165, 1.54) is 6.34 Å². The monoisotopic (exact) mass is 346 g/mol. The van der Waals surface area contributed by atoms with E-state index in [-0.39, 0.29) is 34.1 Å². The van der Waals surface area contributed by atoms with Gasteiger partial charge in [0.25, 0.3) is 0 Å². The van der Waals surface area contributed by atoms with Gasteiger partial charge in [-0.15, -0.1) is 0 Å². The van der Waals surface area contributed by atoms with Crippen LogP contribution >= 0.6 is 0 Å². The smallest absolute Gasteiger partial charge is 0.214 e. The number of para-hydroxylation sites is 1. The quantitative estimate of drug-likeness (QED) is 0.629. The molecule has 1 aliphatic carbocycles. The van der Waals surface area contributed by atoms with Crippen LogP contribution in [-0.2, 0) is 0 Å². The summed E-state index contributed by atoms with van der Waals surface area (Å²) < 4.78 is 0. The molecule has 0 aliphatic heterocycles. The minimum Gasteiger partial charge on any atom is -0.383 e. The molecule has 0 N–H and O–H groups in total. The van der Waals surface area contributed by atoms with Gasteiger partial charge in [-0.3, -0.25) is 14.6 Å². The number of hydrogen-bond acceptors (Lipinski definition) is 5. The Morgan fingerprint density at radius 3 is 2.58 bits per heavy atom. The van der Waals surface area contributed by atoms with Gasteiger partial charge in [0.1, 0.15) is 17.7 Å². The van der Waals surface area contributed by atoms with Gasteiger partial charge in [-0.2, -0.15) is 0 Å². The van der Waals surface area contributed by atoms with Gasteiger partial charge < -0.3 is 4.90 Å². The number of aromatic nitrogens is 1. The fourth-order valence-electron chi connectivity index (χ4n) is 2.86. The summed E-state index contributed by atoms with van der Waals surface area (Å²) in [6.07, 6.45) is 4.82.